The van der Waals surface area contributed by atoms with E-state index in [9.17, 15) is 5.11 Å². The van der Waals surface area contributed by atoms with Crippen LogP contribution in [0.5, 0.6) is 5.75 Å². The zero-order valence-electron chi connectivity index (χ0n) is 14.6. The molecule has 0 unspecified atom stereocenters. The zero-order chi connectivity index (χ0) is 17.4. The summed E-state index contributed by atoms with van der Waals surface area (Å²) in [4.78, 5) is 0. The highest BCUT2D eigenvalue weighted by Gasteiger charge is 2.26. The molecule has 0 fully saturated rings. The Kier molecular flexibility index (Phi) is 4.24. The highest BCUT2D eigenvalue weighted by Crippen LogP contribution is 2.40. The molecule has 124 valence electrons. The van der Waals surface area contributed by atoms with Crippen molar-refractivity contribution < 1.29 is 9.52 Å². The molecule has 0 amide bonds. The van der Waals surface area contributed by atoms with E-state index in [1.807, 2.05) is 18.2 Å². The van der Waals surface area contributed by atoms with Gasteiger partial charge in [-0.3, -0.25) is 0 Å². The van der Waals surface area contributed by atoms with Crippen molar-refractivity contribution in [2.75, 3.05) is 5.73 Å². The number of hydrogen-bond acceptors (Lipinski definition) is 5. The van der Waals surface area contributed by atoms with Gasteiger partial charge in [0.05, 0.1) is 0 Å². The molecule has 2 rings (SSSR count). The fourth-order valence-electron chi connectivity index (χ4n) is 2.38. The lowest BCUT2D eigenvalue weighted by Gasteiger charge is -2.27. The van der Waals surface area contributed by atoms with Gasteiger partial charge in [-0.1, -0.05) is 46.6 Å². The van der Waals surface area contributed by atoms with Crippen LogP contribution in [0.1, 0.15) is 64.1 Å². The van der Waals surface area contributed by atoms with Gasteiger partial charge in [-0.15, -0.1) is 5.10 Å². The Morgan fingerprint density at radius 1 is 0.957 bits per heavy atom. The van der Waals surface area contributed by atoms with Gasteiger partial charge in [0, 0.05) is 17.2 Å². The second-order valence-corrected chi connectivity index (χ2v) is 7.78. The molecule has 23 heavy (non-hydrogen) atoms. The van der Waals surface area contributed by atoms with Gasteiger partial charge in [0.25, 0.3) is 0 Å². The van der Waals surface area contributed by atoms with E-state index in [2.05, 4.69) is 51.7 Å². The molecule has 0 saturated carbocycles. The fourth-order valence-corrected chi connectivity index (χ4v) is 2.38. The Hall–Kier alpha value is -2.30. The molecule has 2 aromatic rings. The normalized spacial score (nSPS) is 13.0. The van der Waals surface area contributed by atoms with Crippen LogP contribution in [0.15, 0.2) is 16.5 Å². The summed E-state index contributed by atoms with van der Waals surface area (Å²) in [5, 5.41) is 18.1. The van der Waals surface area contributed by atoms with Crippen molar-refractivity contribution >= 4 is 18.2 Å². The SMILES string of the molecule is CC(C)(C)c1cc(/C=C/c2nnc(N)o2)cc(C(C)(C)C)c1O. The van der Waals surface area contributed by atoms with Crippen molar-refractivity contribution in [2.24, 2.45) is 0 Å². The Labute approximate surface area is 137 Å². The molecule has 0 saturated heterocycles. The summed E-state index contributed by atoms with van der Waals surface area (Å²) in [6, 6.07) is 4.02. The number of nitrogen functional groups attached to an aromatic ring is 1. The lowest BCUT2D eigenvalue weighted by atomic mass is 9.78. The monoisotopic (exact) mass is 315 g/mol. The third-order valence-corrected chi connectivity index (χ3v) is 3.62. The number of hydrogen-bond donors (Lipinski definition) is 2. The van der Waals surface area contributed by atoms with Crippen LogP contribution >= 0.6 is 0 Å². The van der Waals surface area contributed by atoms with Crippen LogP contribution < -0.4 is 5.73 Å². The van der Waals surface area contributed by atoms with E-state index in [4.69, 9.17) is 10.2 Å². The zero-order valence-corrected chi connectivity index (χ0v) is 14.6. The Bertz CT molecular complexity index is 696. The summed E-state index contributed by atoms with van der Waals surface area (Å²) in [6.45, 7) is 12.5. The van der Waals surface area contributed by atoms with E-state index in [0.717, 1.165) is 16.7 Å². The highest BCUT2D eigenvalue weighted by molar-refractivity contribution is 5.69. The maximum absolute atomic E-state index is 10.7. The summed E-state index contributed by atoms with van der Waals surface area (Å²) in [5.74, 6) is 0.717. The molecule has 0 atom stereocenters. The van der Waals surface area contributed by atoms with Crippen molar-refractivity contribution in [3.8, 4) is 5.75 Å². The van der Waals surface area contributed by atoms with E-state index >= 15 is 0 Å². The smallest absolute Gasteiger partial charge is 0.313 e. The van der Waals surface area contributed by atoms with Crippen molar-refractivity contribution in [1.82, 2.24) is 10.2 Å². The van der Waals surface area contributed by atoms with Gasteiger partial charge in [0.1, 0.15) is 5.75 Å². The number of nitrogens with zero attached hydrogens (tertiary/aromatic N) is 2. The highest BCUT2D eigenvalue weighted by atomic mass is 16.4. The van der Waals surface area contributed by atoms with Crippen LogP contribution in [-0.4, -0.2) is 15.3 Å². The Balaban J connectivity index is 2.53. The molecule has 3 N–H and O–H groups in total. The number of phenols is 1. The summed E-state index contributed by atoms with van der Waals surface area (Å²) < 4.78 is 5.14. The minimum absolute atomic E-state index is 0.0427. The number of rotatable bonds is 2. The number of benzene rings is 1. The van der Waals surface area contributed by atoms with Crippen molar-refractivity contribution in [3.05, 3.63) is 34.7 Å². The minimum atomic E-state index is -0.164. The molecular weight excluding hydrogens is 290 g/mol. The van der Waals surface area contributed by atoms with Gasteiger partial charge >= 0.3 is 6.01 Å². The maximum atomic E-state index is 10.7. The molecule has 1 heterocycles. The van der Waals surface area contributed by atoms with E-state index in [1.165, 1.54) is 0 Å². The summed E-state index contributed by atoms with van der Waals surface area (Å²) in [5.41, 5.74) is 7.89. The number of anilines is 1. The quantitative estimate of drug-likeness (QED) is 0.870. The lowest BCUT2D eigenvalue weighted by Crippen LogP contribution is -2.17. The van der Waals surface area contributed by atoms with Gasteiger partial charge in [-0.25, -0.2) is 0 Å². The third kappa shape index (κ3) is 3.92. The molecule has 1 aromatic carbocycles. The minimum Gasteiger partial charge on any atom is -0.507 e. The average molecular weight is 315 g/mol. The standard InChI is InChI=1S/C18H25N3O2/c1-17(2,3)12-9-11(7-8-14-20-21-16(19)23-14)10-13(15(12)22)18(4,5)6/h7-10,22H,1-6H3,(H2,19,21)/b8-7+. The van der Waals surface area contributed by atoms with Gasteiger partial charge < -0.3 is 15.3 Å². The topological polar surface area (TPSA) is 85.2 Å². The predicted molar refractivity (Wildman–Crippen MR) is 93.1 cm³/mol. The van der Waals surface area contributed by atoms with Crippen molar-refractivity contribution in [1.29, 1.82) is 0 Å². The first-order valence-electron chi connectivity index (χ1n) is 7.63. The van der Waals surface area contributed by atoms with Crippen LogP contribution in [0.4, 0.5) is 6.01 Å². The predicted octanol–water partition coefficient (Wildman–Crippen LogP) is 4.12. The number of phenolic OH excluding ortho intramolecular Hbond substituents is 1. The lowest BCUT2D eigenvalue weighted by molar-refractivity contribution is 0.423. The summed E-state index contributed by atoms with van der Waals surface area (Å²) in [6.07, 6.45) is 3.60. The van der Waals surface area contributed by atoms with Gasteiger partial charge in [0.2, 0.25) is 5.89 Å². The van der Waals surface area contributed by atoms with Crippen molar-refractivity contribution in [3.63, 3.8) is 0 Å². The van der Waals surface area contributed by atoms with E-state index in [-0.39, 0.29) is 16.8 Å². The molecule has 5 heteroatoms. The van der Waals surface area contributed by atoms with Crippen LogP contribution in [-0.2, 0) is 10.8 Å². The van der Waals surface area contributed by atoms with Crippen LogP contribution in [0, 0.1) is 0 Å². The molecule has 0 aliphatic rings. The molecule has 1 aromatic heterocycles. The first-order valence-corrected chi connectivity index (χ1v) is 7.63. The second kappa shape index (κ2) is 5.72. The average Bonchev–Trinajstić information content (AvgIpc) is 2.80. The summed E-state index contributed by atoms with van der Waals surface area (Å²) >= 11 is 0. The first kappa shape index (κ1) is 17.1. The number of nitrogens with two attached hydrogens (primary N) is 1. The first-order chi connectivity index (χ1) is 10.5. The van der Waals surface area contributed by atoms with E-state index in [1.54, 1.807) is 6.08 Å². The Morgan fingerprint density at radius 2 is 1.48 bits per heavy atom. The maximum Gasteiger partial charge on any atom is 0.313 e. The molecule has 0 spiro atoms. The van der Waals surface area contributed by atoms with Crippen LogP contribution in [0.25, 0.3) is 12.2 Å². The molecule has 0 aliphatic heterocycles. The fraction of sp³-hybridized carbons (Fsp3) is 0.444. The third-order valence-electron chi connectivity index (χ3n) is 3.62. The summed E-state index contributed by atoms with van der Waals surface area (Å²) in [7, 11) is 0. The number of aromatic hydroxyl groups is 1. The Morgan fingerprint density at radius 3 is 1.87 bits per heavy atom. The van der Waals surface area contributed by atoms with E-state index < -0.39 is 0 Å². The van der Waals surface area contributed by atoms with E-state index in [0.29, 0.717) is 11.6 Å². The molecular formula is C18H25N3O2. The number of aromatic nitrogens is 2. The van der Waals surface area contributed by atoms with Gasteiger partial charge in [-0.2, -0.15) is 0 Å². The molecule has 0 aliphatic carbocycles. The molecule has 5 nitrogen and oxygen atoms in total. The molecule has 0 bridgehead atoms. The van der Waals surface area contributed by atoms with Crippen LogP contribution in [0.3, 0.4) is 0 Å². The second-order valence-electron chi connectivity index (χ2n) is 7.78. The van der Waals surface area contributed by atoms with Crippen LogP contribution in [0.2, 0.25) is 0 Å². The van der Waals surface area contributed by atoms with Crippen molar-refractivity contribution in [2.45, 2.75) is 52.4 Å². The van der Waals surface area contributed by atoms with Gasteiger partial charge in [-0.05, 0) is 34.6 Å². The largest absolute Gasteiger partial charge is 0.507 e. The molecule has 0 radical (unpaired) electrons. The van der Waals surface area contributed by atoms with Gasteiger partial charge in [0.15, 0.2) is 0 Å².